The van der Waals surface area contributed by atoms with Crippen LogP contribution in [0.3, 0.4) is 0 Å². The van der Waals surface area contributed by atoms with Crippen molar-refractivity contribution in [2.45, 2.75) is 105 Å². The lowest BCUT2D eigenvalue weighted by Crippen LogP contribution is -2.14. The molecule has 4 aromatic carbocycles. The van der Waals surface area contributed by atoms with Crippen LogP contribution < -0.4 is 18.9 Å². The van der Waals surface area contributed by atoms with E-state index in [1.807, 2.05) is 28.4 Å². The van der Waals surface area contributed by atoms with Crippen molar-refractivity contribution < 1.29 is 18.9 Å². The Kier molecular flexibility index (Phi) is 13.1. The van der Waals surface area contributed by atoms with E-state index in [0.29, 0.717) is 23.7 Å². The van der Waals surface area contributed by atoms with Crippen molar-refractivity contribution in [2.24, 2.45) is 23.7 Å². The van der Waals surface area contributed by atoms with Crippen LogP contribution in [0.15, 0.2) is 72.8 Å². The normalized spacial score (nSPS) is 18.6. The zero-order valence-electron chi connectivity index (χ0n) is 34.0. The summed E-state index contributed by atoms with van der Waals surface area (Å²) in [6, 6.07) is 27.7. The van der Waals surface area contributed by atoms with Crippen LogP contribution in [-0.4, -0.2) is 28.4 Å². The number of fused-ring (bicyclic) bond motifs is 8. The third kappa shape index (κ3) is 8.64. The predicted octanol–water partition coefficient (Wildman–Crippen LogP) is 12.7. The minimum atomic E-state index is 0.141. The summed E-state index contributed by atoms with van der Waals surface area (Å²) in [6.45, 7) is 18.6. The molecular weight excluding hydrogens is 641 g/mol. The highest BCUT2D eigenvalue weighted by Crippen LogP contribution is 2.48. The largest absolute Gasteiger partial charge is 0.496 e. The smallest absolute Gasteiger partial charge is 0.122 e. The third-order valence-corrected chi connectivity index (χ3v) is 11.0. The molecule has 0 aliphatic heterocycles. The molecule has 0 heterocycles. The molecule has 4 aromatic rings. The summed E-state index contributed by atoms with van der Waals surface area (Å²) in [5.74, 6) is 6.22. The standard InChI is InChI=1S/C48H64O4/c1-29(2)21-37-33-13-17-46(50-10)42(25-33)39(23-31(5)6)35-15-19-48(52-12)44(27-35)40(24-32(7)8)36-16-20-47(51-11)43(28-36)38(22-30(3)4)34-14-18-45(49-9)41(37)26-34/h13-20,25-32,37-40H,21-24H2,1-12H3. The van der Waals surface area contributed by atoms with E-state index in [1.165, 1.54) is 44.5 Å². The maximum absolute atomic E-state index is 6.18. The molecular formula is C48H64O4. The Bertz CT molecular complexity index is 1520. The fourth-order valence-electron chi connectivity index (χ4n) is 8.62. The summed E-state index contributed by atoms with van der Waals surface area (Å²) in [5.41, 5.74) is 10.2. The second-order valence-corrected chi connectivity index (χ2v) is 16.7. The van der Waals surface area contributed by atoms with Crippen molar-refractivity contribution in [2.75, 3.05) is 28.4 Å². The molecule has 52 heavy (non-hydrogen) atoms. The van der Waals surface area contributed by atoms with Gasteiger partial charge in [-0.25, -0.2) is 0 Å². The fraction of sp³-hybridized carbons (Fsp3) is 0.500. The van der Waals surface area contributed by atoms with Crippen LogP contribution in [0.5, 0.6) is 23.0 Å². The quantitative estimate of drug-likeness (QED) is 0.147. The van der Waals surface area contributed by atoms with E-state index in [2.05, 4.69) is 128 Å². The number of methoxy groups -OCH3 is 4. The average molecular weight is 705 g/mol. The van der Waals surface area contributed by atoms with Crippen molar-refractivity contribution in [1.29, 1.82) is 0 Å². The molecule has 4 nitrogen and oxygen atoms in total. The fourth-order valence-corrected chi connectivity index (χ4v) is 8.62. The SMILES string of the molecule is COc1ccc2cc1C(CC(C)C)c1ccc(OC)c(c1)C(CC(C)C)c1ccc(OC)c(c1)C(CC(C)C)c1ccc(OC)c(c1)C2CC(C)C. The molecule has 1 aliphatic carbocycles. The van der Waals surface area contributed by atoms with Gasteiger partial charge in [0.05, 0.1) is 28.4 Å². The van der Waals surface area contributed by atoms with Gasteiger partial charge in [-0.1, -0.05) is 104 Å². The van der Waals surface area contributed by atoms with Gasteiger partial charge in [0.2, 0.25) is 0 Å². The Morgan fingerprint density at radius 3 is 0.692 bits per heavy atom. The average Bonchev–Trinajstić information content (AvgIpc) is 3.12. The van der Waals surface area contributed by atoms with Crippen LogP contribution >= 0.6 is 0 Å². The molecule has 4 unspecified atom stereocenters. The zero-order valence-corrected chi connectivity index (χ0v) is 34.0. The molecule has 0 amide bonds. The Morgan fingerprint density at radius 2 is 0.538 bits per heavy atom. The Labute approximate surface area is 315 Å². The Balaban J connectivity index is 1.95. The first kappa shape index (κ1) is 39.3. The maximum atomic E-state index is 6.18. The summed E-state index contributed by atoms with van der Waals surface area (Å²) < 4.78 is 24.7. The highest BCUT2D eigenvalue weighted by atomic mass is 16.5. The van der Waals surface area contributed by atoms with Crippen LogP contribution in [0.1, 0.15) is 149 Å². The van der Waals surface area contributed by atoms with E-state index in [0.717, 1.165) is 48.7 Å². The molecule has 1 aliphatic rings. The van der Waals surface area contributed by atoms with E-state index in [-0.39, 0.29) is 23.7 Å². The second-order valence-electron chi connectivity index (χ2n) is 16.7. The number of benzene rings is 4. The molecule has 0 saturated carbocycles. The molecule has 0 radical (unpaired) electrons. The van der Waals surface area contributed by atoms with Gasteiger partial charge in [-0.05, 0) is 95.9 Å². The minimum absolute atomic E-state index is 0.141. The minimum Gasteiger partial charge on any atom is -0.496 e. The van der Waals surface area contributed by atoms with Crippen molar-refractivity contribution in [3.05, 3.63) is 117 Å². The highest BCUT2D eigenvalue weighted by Gasteiger charge is 2.30. The number of ether oxygens (including phenoxy) is 4. The molecule has 0 saturated heterocycles. The molecule has 8 bridgehead atoms. The van der Waals surface area contributed by atoms with Crippen LogP contribution in [0.25, 0.3) is 0 Å². The summed E-state index contributed by atoms with van der Waals surface area (Å²) in [7, 11) is 7.24. The number of hydrogen-bond acceptors (Lipinski definition) is 4. The van der Waals surface area contributed by atoms with Gasteiger partial charge >= 0.3 is 0 Å². The first-order valence-corrected chi connectivity index (χ1v) is 19.6. The van der Waals surface area contributed by atoms with Gasteiger partial charge in [0.25, 0.3) is 0 Å². The zero-order chi connectivity index (χ0) is 37.7. The van der Waals surface area contributed by atoms with E-state index in [9.17, 15) is 0 Å². The topological polar surface area (TPSA) is 36.9 Å². The summed E-state index contributed by atoms with van der Waals surface area (Å²) >= 11 is 0. The van der Waals surface area contributed by atoms with Gasteiger partial charge in [0.15, 0.2) is 0 Å². The van der Waals surface area contributed by atoms with Crippen LogP contribution in [0, 0.1) is 23.7 Å². The predicted molar refractivity (Wildman–Crippen MR) is 217 cm³/mol. The first-order valence-electron chi connectivity index (χ1n) is 19.6. The van der Waals surface area contributed by atoms with E-state index in [4.69, 9.17) is 18.9 Å². The molecule has 4 atom stereocenters. The maximum Gasteiger partial charge on any atom is 0.122 e. The lowest BCUT2D eigenvalue weighted by molar-refractivity contribution is 0.398. The molecule has 5 rings (SSSR count). The van der Waals surface area contributed by atoms with Gasteiger partial charge < -0.3 is 18.9 Å². The van der Waals surface area contributed by atoms with Crippen LogP contribution in [0.4, 0.5) is 0 Å². The van der Waals surface area contributed by atoms with Gasteiger partial charge in [-0.3, -0.25) is 0 Å². The van der Waals surface area contributed by atoms with E-state index in [1.54, 1.807) is 0 Å². The number of rotatable bonds is 12. The van der Waals surface area contributed by atoms with Gasteiger partial charge in [-0.15, -0.1) is 0 Å². The summed E-state index contributed by atoms with van der Waals surface area (Å²) in [4.78, 5) is 0. The van der Waals surface area contributed by atoms with E-state index < -0.39 is 0 Å². The van der Waals surface area contributed by atoms with Gasteiger partial charge in [0.1, 0.15) is 23.0 Å². The van der Waals surface area contributed by atoms with Gasteiger partial charge in [0, 0.05) is 45.9 Å². The van der Waals surface area contributed by atoms with Crippen molar-refractivity contribution in [3.63, 3.8) is 0 Å². The van der Waals surface area contributed by atoms with Crippen molar-refractivity contribution >= 4 is 0 Å². The lowest BCUT2D eigenvalue weighted by atomic mass is 9.75. The summed E-state index contributed by atoms with van der Waals surface area (Å²) in [6.07, 6.45) is 3.99. The highest BCUT2D eigenvalue weighted by molar-refractivity contribution is 5.55. The number of hydrogen-bond donors (Lipinski definition) is 0. The Morgan fingerprint density at radius 1 is 0.346 bits per heavy atom. The van der Waals surface area contributed by atoms with Gasteiger partial charge in [-0.2, -0.15) is 0 Å². The molecule has 0 N–H and O–H groups in total. The molecule has 0 fully saturated rings. The van der Waals surface area contributed by atoms with Crippen molar-refractivity contribution in [1.82, 2.24) is 0 Å². The molecule has 0 spiro atoms. The third-order valence-electron chi connectivity index (χ3n) is 11.0. The van der Waals surface area contributed by atoms with E-state index >= 15 is 0 Å². The molecule has 4 heteroatoms. The van der Waals surface area contributed by atoms with Crippen molar-refractivity contribution in [3.8, 4) is 23.0 Å². The molecule has 280 valence electrons. The monoisotopic (exact) mass is 704 g/mol. The second kappa shape index (κ2) is 17.3. The first-order chi connectivity index (χ1) is 24.9. The summed E-state index contributed by atoms with van der Waals surface area (Å²) in [5, 5.41) is 0. The Hall–Kier alpha value is -3.92. The molecule has 0 aromatic heterocycles. The lowest BCUT2D eigenvalue weighted by Gasteiger charge is -2.30. The van der Waals surface area contributed by atoms with Crippen LogP contribution in [-0.2, 0) is 0 Å². The van der Waals surface area contributed by atoms with Crippen LogP contribution in [0.2, 0.25) is 0 Å².